The summed E-state index contributed by atoms with van der Waals surface area (Å²) in [6.07, 6.45) is 12.2. The van der Waals surface area contributed by atoms with Crippen LogP contribution in [0, 0.1) is 6.42 Å². The second-order valence-electron chi connectivity index (χ2n) is 4.14. The third-order valence-corrected chi connectivity index (χ3v) is 2.33. The zero-order chi connectivity index (χ0) is 10.8. The highest BCUT2D eigenvalue weighted by Crippen LogP contribution is 2.11. The molecule has 14 heavy (non-hydrogen) atoms. The van der Waals surface area contributed by atoms with Gasteiger partial charge >= 0.3 is 0 Å². The van der Waals surface area contributed by atoms with Gasteiger partial charge in [-0.15, -0.1) is 0 Å². The molecule has 0 heterocycles. The third-order valence-electron chi connectivity index (χ3n) is 2.33. The molecule has 0 atom stereocenters. The van der Waals surface area contributed by atoms with Crippen LogP contribution in [0.2, 0.25) is 0 Å². The minimum absolute atomic E-state index is 1.14. The van der Waals surface area contributed by atoms with Crippen LogP contribution < -0.4 is 0 Å². The van der Waals surface area contributed by atoms with Crippen LogP contribution in [0.5, 0.6) is 0 Å². The van der Waals surface area contributed by atoms with Crippen molar-refractivity contribution in [1.82, 2.24) is 0 Å². The van der Waals surface area contributed by atoms with E-state index in [1.54, 1.807) is 0 Å². The third kappa shape index (κ3) is 9.44. The van der Waals surface area contributed by atoms with E-state index >= 15 is 0 Å². The molecule has 0 amide bonds. The topological polar surface area (TPSA) is 0 Å². The van der Waals surface area contributed by atoms with E-state index in [4.69, 9.17) is 0 Å². The molecule has 0 aliphatic rings. The van der Waals surface area contributed by atoms with Crippen molar-refractivity contribution in [3.63, 3.8) is 0 Å². The van der Waals surface area contributed by atoms with Crippen LogP contribution in [0.25, 0.3) is 0 Å². The first kappa shape index (κ1) is 13.4. The molecule has 0 aromatic carbocycles. The van der Waals surface area contributed by atoms with Gasteiger partial charge in [0.05, 0.1) is 0 Å². The van der Waals surface area contributed by atoms with Crippen LogP contribution in [0.4, 0.5) is 0 Å². The summed E-state index contributed by atoms with van der Waals surface area (Å²) in [5.74, 6) is 0. The molecule has 0 spiro atoms. The Balaban J connectivity index is 3.41. The van der Waals surface area contributed by atoms with Gasteiger partial charge in [0.15, 0.2) is 0 Å². The second kappa shape index (κ2) is 8.93. The SMILES string of the molecule is C=C(C)[CH-]CC/C(C)=C\CCCCC. The summed E-state index contributed by atoms with van der Waals surface area (Å²) in [6, 6.07) is 0. The molecule has 0 saturated heterocycles. The molecule has 0 saturated carbocycles. The van der Waals surface area contributed by atoms with Crippen molar-refractivity contribution in [2.24, 2.45) is 0 Å². The predicted molar refractivity (Wildman–Crippen MR) is 66.2 cm³/mol. The lowest BCUT2D eigenvalue weighted by Crippen LogP contribution is -1.82. The van der Waals surface area contributed by atoms with Gasteiger partial charge in [-0.2, -0.15) is 0 Å². The van der Waals surface area contributed by atoms with Gasteiger partial charge in [-0.3, -0.25) is 0 Å². The molecule has 0 bridgehead atoms. The van der Waals surface area contributed by atoms with E-state index in [0.717, 1.165) is 6.42 Å². The summed E-state index contributed by atoms with van der Waals surface area (Å²) in [6.45, 7) is 10.4. The minimum atomic E-state index is 1.14. The van der Waals surface area contributed by atoms with E-state index in [1.807, 2.05) is 0 Å². The highest BCUT2D eigenvalue weighted by molar-refractivity contribution is 5.06. The molecule has 0 N–H and O–H groups in total. The van der Waals surface area contributed by atoms with Crippen molar-refractivity contribution in [1.29, 1.82) is 0 Å². The lowest BCUT2D eigenvalue weighted by Gasteiger charge is -2.08. The zero-order valence-corrected chi connectivity index (χ0v) is 10.1. The maximum absolute atomic E-state index is 3.86. The predicted octanol–water partition coefficient (Wildman–Crippen LogP) is 5.07. The number of hydrogen-bond acceptors (Lipinski definition) is 0. The number of rotatable bonds is 8. The molecule has 82 valence electrons. The van der Waals surface area contributed by atoms with Gasteiger partial charge in [0.1, 0.15) is 0 Å². The Morgan fingerprint density at radius 2 is 2.00 bits per heavy atom. The average molecular weight is 193 g/mol. The van der Waals surface area contributed by atoms with Gasteiger partial charge < -0.3 is 0 Å². The van der Waals surface area contributed by atoms with Crippen LogP contribution in [-0.4, -0.2) is 0 Å². The molecule has 0 fully saturated rings. The van der Waals surface area contributed by atoms with E-state index in [0.29, 0.717) is 0 Å². The summed E-state index contributed by atoms with van der Waals surface area (Å²) >= 11 is 0. The maximum Gasteiger partial charge on any atom is -0.0348 e. The largest absolute Gasteiger partial charge is 0.242 e. The fourth-order valence-electron chi connectivity index (χ4n) is 1.39. The van der Waals surface area contributed by atoms with E-state index in [9.17, 15) is 0 Å². The quantitative estimate of drug-likeness (QED) is 0.287. The molecule has 0 aliphatic carbocycles. The van der Waals surface area contributed by atoms with Crippen molar-refractivity contribution < 1.29 is 0 Å². The van der Waals surface area contributed by atoms with Crippen molar-refractivity contribution in [2.45, 2.75) is 59.3 Å². The highest BCUT2D eigenvalue weighted by Gasteiger charge is 1.88. The molecular weight excluding hydrogens is 168 g/mol. The van der Waals surface area contributed by atoms with Crippen molar-refractivity contribution in [3.05, 3.63) is 30.2 Å². The van der Waals surface area contributed by atoms with Crippen LogP contribution in [0.1, 0.15) is 59.3 Å². The number of allylic oxidation sites excluding steroid dienone is 3. The molecule has 0 unspecified atom stereocenters. The fourth-order valence-corrected chi connectivity index (χ4v) is 1.39. The number of hydrogen-bond donors (Lipinski definition) is 0. The Kier molecular flexibility index (Phi) is 8.51. The van der Waals surface area contributed by atoms with Crippen LogP contribution in [0.3, 0.4) is 0 Å². The first-order valence-electron chi connectivity index (χ1n) is 5.81. The Bertz CT molecular complexity index is 174. The van der Waals surface area contributed by atoms with E-state index in [1.165, 1.54) is 43.3 Å². The van der Waals surface area contributed by atoms with Gasteiger partial charge in [-0.25, -0.2) is 18.6 Å². The summed E-state index contributed by atoms with van der Waals surface area (Å²) < 4.78 is 0. The first-order valence-corrected chi connectivity index (χ1v) is 5.81. The van der Waals surface area contributed by atoms with Gasteiger partial charge in [-0.1, -0.05) is 44.8 Å². The molecule has 0 aromatic heterocycles. The average Bonchev–Trinajstić information content (AvgIpc) is 2.12. The summed E-state index contributed by atoms with van der Waals surface area (Å²) in [7, 11) is 0. The normalized spacial score (nSPS) is 11.5. The lowest BCUT2D eigenvalue weighted by atomic mass is 10.1. The fraction of sp³-hybridized carbons (Fsp3) is 0.643. The lowest BCUT2D eigenvalue weighted by molar-refractivity contribution is 0.724. The van der Waals surface area contributed by atoms with E-state index in [2.05, 4.69) is 39.8 Å². The minimum Gasteiger partial charge on any atom is -0.242 e. The van der Waals surface area contributed by atoms with Gasteiger partial charge in [-0.05, 0) is 26.2 Å². The summed E-state index contributed by atoms with van der Waals surface area (Å²) in [5.41, 5.74) is 2.71. The molecular formula is C14H25-. The molecule has 0 heteroatoms. The summed E-state index contributed by atoms with van der Waals surface area (Å²) in [5, 5.41) is 0. The molecule has 0 radical (unpaired) electrons. The highest BCUT2D eigenvalue weighted by atomic mass is 14.0. The molecule has 0 aliphatic heterocycles. The molecule has 0 rings (SSSR count). The smallest absolute Gasteiger partial charge is 0.0348 e. The van der Waals surface area contributed by atoms with Crippen molar-refractivity contribution >= 4 is 0 Å². The Hall–Kier alpha value is -0.650. The first-order chi connectivity index (χ1) is 6.66. The van der Waals surface area contributed by atoms with Gasteiger partial charge in [0.25, 0.3) is 0 Å². The Morgan fingerprint density at radius 3 is 2.57 bits per heavy atom. The van der Waals surface area contributed by atoms with E-state index in [-0.39, 0.29) is 0 Å². The van der Waals surface area contributed by atoms with Crippen molar-refractivity contribution in [2.75, 3.05) is 0 Å². The zero-order valence-electron chi connectivity index (χ0n) is 10.1. The van der Waals surface area contributed by atoms with Gasteiger partial charge in [0.2, 0.25) is 0 Å². The standard InChI is InChI=1S/C14H25/c1-5-6-7-8-11-14(4)12-9-10-13(2)3/h10-11H,2,5-9,12H2,1,3-4H3/q-1/b14-11-. The second-order valence-corrected chi connectivity index (χ2v) is 4.14. The maximum atomic E-state index is 3.86. The molecule has 0 aromatic rings. The van der Waals surface area contributed by atoms with Crippen LogP contribution in [0.15, 0.2) is 23.8 Å². The van der Waals surface area contributed by atoms with Crippen molar-refractivity contribution in [3.8, 4) is 0 Å². The number of unbranched alkanes of at least 4 members (excludes halogenated alkanes) is 3. The van der Waals surface area contributed by atoms with Crippen LogP contribution >= 0.6 is 0 Å². The van der Waals surface area contributed by atoms with Crippen LogP contribution in [-0.2, 0) is 0 Å². The Morgan fingerprint density at radius 1 is 1.29 bits per heavy atom. The van der Waals surface area contributed by atoms with Gasteiger partial charge in [0, 0.05) is 0 Å². The monoisotopic (exact) mass is 193 g/mol. The summed E-state index contributed by atoms with van der Waals surface area (Å²) in [4.78, 5) is 0. The van der Waals surface area contributed by atoms with E-state index < -0.39 is 0 Å². The Labute approximate surface area is 90.1 Å². The molecule has 0 nitrogen and oxygen atoms in total.